The summed E-state index contributed by atoms with van der Waals surface area (Å²) in [7, 11) is 0. The minimum atomic E-state index is -0.0858. The quantitative estimate of drug-likeness (QED) is 0.876. The van der Waals surface area contributed by atoms with Gasteiger partial charge < -0.3 is 15.5 Å². The number of carbonyl (C=O) groups is 1. The van der Waals surface area contributed by atoms with E-state index in [1.165, 1.54) is 25.5 Å². The molecule has 1 aromatic rings. The molecule has 0 spiro atoms. The molecule has 2 fully saturated rings. The minimum absolute atomic E-state index is 0. The Morgan fingerprint density at radius 3 is 2.58 bits per heavy atom. The molecular formula is C14H21ClN2O2. The fourth-order valence-electron chi connectivity index (χ4n) is 3.66. The van der Waals surface area contributed by atoms with Gasteiger partial charge in [-0.05, 0) is 49.7 Å². The van der Waals surface area contributed by atoms with Gasteiger partial charge in [0.25, 0.3) is 5.91 Å². The van der Waals surface area contributed by atoms with Crippen LogP contribution in [0.2, 0.25) is 0 Å². The van der Waals surface area contributed by atoms with E-state index < -0.39 is 0 Å². The molecule has 4 nitrogen and oxygen atoms in total. The van der Waals surface area contributed by atoms with Crippen molar-refractivity contribution in [3.8, 4) is 0 Å². The van der Waals surface area contributed by atoms with Crippen LogP contribution in [-0.4, -0.2) is 18.0 Å². The van der Waals surface area contributed by atoms with E-state index in [1.54, 1.807) is 12.1 Å². The summed E-state index contributed by atoms with van der Waals surface area (Å²) in [5.74, 6) is 1.41. The first-order valence-electron chi connectivity index (χ1n) is 6.84. The summed E-state index contributed by atoms with van der Waals surface area (Å²) < 4.78 is 5.14. The zero-order valence-electron chi connectivity index (χ0n) is 10.9. The third-order valence-corrected chi connectivity index (χ3v) is 4.42. The third kappa shape index (κ3) is 2.95. The average Bonchev–Trinajstić information content (AvgIpc) is 2.83. The molecule has 2 saturated carbocycles. The Labute approximate surface area is 119 Å². The lowest BCUT2D eigenvalue weighted by Crippen LogP contribution is -2.53. The van der Waals surface area contributed by atoms with Crippen LogP contribution in [0, 0.1) is 11.8 Å². The van der Waals surface area contributed by atoms with Crippen LogP contribution in [0.5, 0.6) is 0 Å². The summed E-state index contributed by atoms with van der Waals surface area (Å²) >= 11 is 0. The van der Waals surface area contributed by atoms with E-state index >= 15 is 0 Å². The highest BCUT2D eigenvalue weighted by Gasteiger charge is 2.40. The van der Waals surface area contributed by atoms with Gasteiger partial charge in [-0.1, -0.05) is 6.42 Å². The molecule has 2 atom stereocenters. The molecule has 2 bridgehead atoms. The molecule has 5 heteroatoms. The fourth-order valence-corrected chi connectivity index (χ4v) is 3.66. The smallest absolute Gasteiger partial charge is 0.287 e. The van der Waals surface area contributed by atoms with Crippen LogP contribution in [0.1, 0.15) is 42.7 Å². The van der Waals surface area contributed by atoms with E-state index in [2.05, 4.69) is 5.32 Å². The van der Waals surface area contributed by atoms with Gasteiger partial charge >= 0.3 is 0 Å². The number of hydrogen-bond acceptors (Lipinski definition) is 3. The molecule has 3 N–H and O–H groups in total. The van der Waals surface area contributed by atoms with Crippen LogP contribution in [0.15, 0.2) is 22.8 Å². The van der Waals surface area contributed by atoms with Crippen LogP contribution in [0.4, 0.5) is 0 Å². The lowest BCUT2D eigenvalue weighted by Gasteiger charge is -2.45. The molecule has 0 aromatic carbocycles. The van der Waals surface area contributed by atoms with Gasteiger partial charge in [0, 0.05) is 12.1 Å². The normalized spacial score (nSPS) is 33.3. The van der Waals surface area contributed by atoms with Crippen molar-refractivity contribution < 1.29 is 9.21 Å². The van der Waals surface area contributed by atoms with E-state index in [1.807, 2.05) is 0 Å². The number of nitrogens with two attached hydrogens (primary N) is 1. The van der Waals surface area contributed by atoms with Gasteiger partial charge in [0.2, 0.25) is 0 Å². The van der Waals surface area contributed by atoms with Gasteiger partial charge in [-0.3, -0.25) is 4.79 Å². The standard InChI is InChI=1S/C14H20N2O2.ClH/c15-11-7-9-3-1-4-10(8-11)13(9)16-14(17)12-5-2-6-18-12;/h2,5-6,9-11,13H,1,3-4,7-8,15H2,(H,16,17);1H. The maximum absolute atomic E-state index is 12.1. The highest BCUT2D eigenvalue weighted by molar-refractivity contribution is 5.91. The Balaban J connectivity index is 0.00000133. The lowest BCUT2D eigenvalue weighted by atomic mass is 9.67. The van der Waals surface area contributed by atoms with Crippen LogP contribution < -0.4 is 11.1 Å². The molecule has 2 unspecified atom stereocenters. The summed E-state index contributed by atoms with van der Waals surface area (Å²) in [4.78, 5) is 12.1. The molecule has 2 aliphatic rings. The first kappa shape index (κ1) is 14.4. The Morgan fingerprint density at radius 2 is 2.00 bits per heavy atom. The summed E-state index contributed by atoms with van der Waals surface area (Å²) in [5, 5.41) is 3.16. The van der Waals surface area contributed by atoms with E-state index in [4.69, 9.17) is 10.2 Å². The zero-order chi connectivity index (χ0) is 12.5. The molecule has 0 aliphatic heterocycles. The average molecular weight is 285 g/mol. The number of hydrogen-bond donors (Lipinski definition) is 2. The SMILES string of the molecule is Cl.NC1CC2CCCC(C1)C2NC(=O)c1ccco1. The molecule has 1 aromatic heterocycles. The first-order valence-corrected chi connectivity index (χ1v) is 6.84. The summed E-state index contributed by atoms with van der Waals surface area (Å²) in [5.41, 5.74) is 6.08. The fraction of sp³-hybridized carbons (Fsp3) is 0.643. The van der Waals surface area contributed by atoms with Crippen molar-refractivity contribution in [3.05, 3.63) is 24.2 Å². The van der Waals surface area contributed by atoms with E-state index in [-0.39, 0.29) is 24.4 Å². The lowest BCUT2D eigenvalue weighted by molar-refractivity contribution is 0.0732. The molecule has 3 rings (SSSR count). The maximum Gasteiger partial charge on any atom is 0.287 e. The Morgan fingerprint density at radius 1 is 1.32 bits per heavy atom. The van der Waals surface area contributed by atoms with Gasteiger partial charge in [0.05, 0.1) is 6.26 Å². The molecule has 1 heterocycles. The van der Waals surface area contributed by atoms with E-state index in [9.17, 15) is 4.79 Å². The Kier molecular flexibility index (Phi) is 4.53. The van der Waals surface area contributed by atoms with Gasteiger partial charge in [-0.15, -0.1) is 12.4 Å². The summed E-state index contributed by atoms with van der Waals surface area (Å²) in [6, 6.07) is 4.06. The molecule has 2 aliphatic carbocycles. The first-order chi connectivity index (χ1) is 8.74. The Bertz CT molecular complexity index is 407. The second kappa shape index (κ2) is 5.97. The molecule has 0 saturated heterocycles. The van der Waals surface area contributed by atoms with Crippen molar-refractivity contribution in [3.63, 3.8) is 0 Å². The maximum atomic E-state index is 12.1. The van der Waals surface area contributed by atoms with Gasteiger partial charge in [-0.2, -0.15) is 0 Å². The van der Waals surface area contributed by atoms with Crippen LogP contribution in [-0.2, 0) is 0 Å². The molecule has 106 valence electrons. The number of furan rings is 1. The van der Waals surface area contributed by atoms with E-state index in [0.29, 0.717) is 23.6 Å². The third-order valence-electron chi connectivity index (χ3n) is 4.42. The second-order valence-corrected chi connectivity index (χ2v) is 5.66. The summed E-state index contributed by atoms with van der Waals surface area (Å²) in [6.07, 6.45) is 7.27. The minimum Gasteiger partial charge on any atom is -0.459 e. The van der Waals surface area contributed by atoms with Crippen molar-refractivity contribution in [1.29, 1.82) is 0 Å². The number of amides is 1. The number of halogens is 1. The van der Waals surface area contributed by atoms with Crippen molar-refractivity contribution >= 4 is 18.3 Å². The highest BCUT2D eigenvalue weighted by Crippen LogP contribution is 2.39. The molecular weight excluding hydrogens is 264 g/mol. The number of carbonyl (C=O) groups excluding carboxylic acids is 1. The van der Waals surface area contributed by atoms with E-state index in [0.717, 1.165) is 12.8 Å². The van der Waals surface area contributed by atoms with Crippen molar-refractivity contribution in [2.75, 3.05) is 0 Å². The predicted octanol–water partition coefficient (Wildman–Crippen LogP) is 2.34. The number of fused-ring (bicyclic) bond motifs is 2. The molecule has 0 radical (unpaired) electrons. The highest BCUT2D eigenvalue weighted by atomic mass is 35.5. The Hall–Kier alpha value is -1.00. The summed E-state index contributed by atoms with van der Waals surface area (Å²) in [6.45, 7) is 0. The van der Waals surface area contributed by atoms with Crippen molar-refractivity contribution in [2.24, 2.45) is 17.6 Å². The topological polar surface area (TPSA) is 68.3 Å². The van der Waals surface area contributed by atoms with Gasteiger partial charge in [-0.25, -0.2) is 0 Å². The second-order valence-electron chi connectivity index (χ2n) is 5.66. The zero-order valence-corrected chi connectivity index (χ0v) is 11.7. The van der Waals surface area contributed by atoms with Gasteiger partial charge in [0.1, 0.15) is 0 Å². The van der Waals surface area contributed by atoms with Crippen molar-refractivity contribution in [2.45, 2.75) is 44.2 Å². The monoisotopic (exact) mass is 284 g/mol. The van der Waals surface area contributed by atoms with Crippen LogP contribution >= 0.6 is 12.4 Å². The van der Waals surface area contributed by atoms with Crippen LogP contribution in [0.25, 0.3) is 0 Å². The predicted molar refractivity (Wildman–Crippen MR) is 75.3 cm³/mol. The molecule has 1 amide bonds. The molecule has 19 heavy (non-hydrogen) atoms. The number of rotatable bonds is 2. The largest absolute Gasteiger partial charge is 0.459 e. The van der Waals surface area contributed by atoms with Crippen LogP contribution in [0.3, 0.4) is 0 Å². The van der Waals surface area contributed by atoms with Gasteiger partial charge in [0.15, 0.2) is 5.76 Å². The number of nitrogens with one attached hydrogen (secondary N) is 1. The van der Waals surface area contributed by atoms with Crippen molar-refractivity contribution in [1.82, 2.24) is 5.32 Å².